The third kappa shape index (κ3) is 6.11. The van der Waals surface area contributed by atoms with Gasteiger partial charge in [-0.2, -0.15) is 0 Å². The van der Waals surface area contributed by atoms with Gasteiger partial charge in [-0.15, -0.1) is 0 Å². The number of nitrogens with one attached hydrogen (secondary N) is 1. The number of ketones is 1. The number of carboxylic acids is 1. The van der Waals surface area contributed by atoms with Crippen LogP contribution in [0.3, 0.4) is 0 Å². The fourth-order valence-corrected chi connectivity index (χ4v) is 9.94. The second kappa shape index (κ2) is 11.4. The number of Topliss-reactive ketones (excluding diaryl/α,β-unsaturated/α-hetero) is 1. The number of carbonyl (C=O) groups is 3. The monoisotopic (exact) mass is 545 g/mol. The van der Waals surface area contributed by atoms with Crippen LogP contribution in [0.4, 0.5) is 0 Å². The molecule has 0 saturated heterocycles. The molecule has 0 aliphatic heterocycles. The van der Waals surface area contributed by atoms with Crippen LogP contribution in [0.2, 0.25) is 0 Å². The van der Waals surface area contributed by atoms with Gasteiger partial charge in [0.15, 0.2) is 0 Å². The molecule has 0 spiro atoms. The van der Waals surface area contributed by atoms with Crippen molar-refractivity contribution in [3.63, 3.8) is 0 Å². The van der Waals surface area contributed by atoms with E-state index >= 15 is 0 Å². The molecule has 4 fully saturated rings. The molecule has 0 aromatic rings. The van der Waals surface area contributed by atoms with E-state index in [2.05, 4.69) is 26.1 Å². The molecular weight excluding hydrogens is 490 g/mol. The highest BCUT2D eigenvalue weighted by atomic mass is 16.4. The van der Waals surface area contributed by atoms with Gasteiger partial charge < -0.3 is 15.5 Å². The molecule has 0 heterocycles. The maximum atomic E-state index is 12.8. The van der Waals surface area contributed by atoms with Crippen molar-refractivity contribution in [2.24, 2.45) is 51.8 Å². The minimum absolute atomic E-state index is 0.0129. The molecule has 4 rings (SSSR count). The number of hydrogen-bond donors (Lipinski definition) is 3. The lowest BCUT2D eigenvalue weighted by atomic mass is 9.44. The first-order valence-corrected chi connectivity index (χ1v) is 15.9. The van der Waals surface area contributed by atoms with E-state index in [1.807, 2.05) is 20.8 Å². The van der Waals surface area contributed by atoms with Crippen molar-refractivity contribution in [2.75, 3.05) is 0 Å². The molecule has 1 amide bonds. The maximum Gasteiger partial charge on any atom is 0.326 e. The van der Waals surface area contributed by atoms with Crippen LogP contribution in [0, 0.1) is 51.8 Å². The van der Waals surface area contributed by atoms with Crippen LogP contribution in [0.25, 0.3) is 0 Å². The van der Waals surface area contributed by atoms with Crippen LogP contribution in [-0.2, 0) is 14.4 Å². The van der Waals surface area contributed by atoms with Gasteiger partial charge in [0.25, 0.3) is 0 Å². The molecule has 6 heteroatoms. The number of carbonyl (C=O) groups excluding carboxylic acids is 2. The van der Waals surface area contributed by atoms with Crippen molar-refractivity contribution in [2.45, 2.75) is 137 Å². The quantitative estimate of drug-likeness (QED) is 0.312. The summed E-state index contributed by atoms with van der Waals surface area (Å²) in [6, 6.07) is -1.01. The first kappa shape index (κ1) is 30.5. The zero-order valence-corrected chi connectivity index (χ0v) is 25.4. The van der Waals surface area contributed by atoms with Crippen molar-refractivity contribution in [1.82, 2.24) is 5.32 Å². The average molecular weight is 546 g/mol. The first-order chi connectivity index (χ1) is 18.2. The molecule has 4 aliphatic rings. The Morgan fingerprint density at radius 2 is 1.56 bits per heavy atom. The van der Waals surface area contributed by atoms with E-state index in [0.717, 1.165) is 37.0 Å². The number of aliphatic hydroxyl groups excluding tert-OH is 1. The Morgan fingerprint density at radius 3 is 2.23 bits per heavy atom. The second-order valence-corrected chi connectivity index (χ2v) is 15.5. The number of carboxylic acid groups (broad SMARTS) is 1. The highest BCUT2D eigenvalue weighted by Crippen LogP contribution is 2.68. The smallest absolute Gasteiger partial charge is 0.326 e. The summed E-state index contributed by atoms with van der Waals surface area (Å²) in [4.78, 5) is 36.8. The Balaban J connectivity index is 1.32. The van der Waals surface area contributed by atoms with E-state index in [0.29, 0.717) is 35.0 Å². The lowest BCUT2D eigenvalue weighted by Gasteiger charge is -2.61. The number of hydrogen-bond acceptors (Lipinski definition) is 4. The Labute approximate surface area is 236 Å². The number of amides is 1. The lowest BCUT2D eigenvalue weighted by molar-refractivity contribution is -0.142. The Bertz CT molecular complexity index is 926. The van der Waals surface area contributed by atoms with Crippen molar-refractivity contribution < 1.29 is 24.6 Å². The molecule has 222 valence electrons. The summed E-state index contributed by atoms with van der Waals surface area (Å²) < 4.78 is 0. The molecule has 0 aromatic heterocycles. The second-order valence-electron chi connectivity index (χ2n) is 15.5. The Hall–Kier alpha value is -1.43. The van der Waals surface area contributed by atoms with Crippen LogP contribution in [0.1, 0.15) is 125 Å². The number of fused-ring (bicyclic) bond motifs is 5. The van der Waals surface area contributed by atoms with E-state index in [4.69, 9.17) is 0 Å². The van der Waals surface area contributed by atoms with Gasteiger partial charge in [-0.1, -0.05) is 41.5 Å². The van der Waals surface area contributed by atoms with Crippen LogP contribution in [0.5, 0.6) is 0 Å². The minimum atomic E-state index is -1.07. The van der Waals surface area contributed by atoms with Crippen LogP contribution >= 0.6 is 0 Å². The average Bonchev–Trinajstić information content (AvgIpc) is 3.21. The number of rotatable bonds is 9. The van der Waals surface area contributed by atoms with Gasteiger partial charge >= 0.3 is 5.97 Å². The predicted molar refractivity (Wildman–Crippen MR) is 153 cm³/mol. The molecule has 4 saturated carbocycles. The van der Waals surface area contributed by atoms with Crippen LogP contribution < -0.4 is 5.32 Å². The van der Waals surface area contributed by atoms with Crippen molar-refractivity contribution in [3.8, 4) is 0 Å². The molecule has 6 nitrogen and oxygen atoms in total. The Morgan fingerprint density at radius 1 is 0.897 bits per heavy atom. The molecule has 39 heavy (non-hydrogen) atoms. The van der Waals surface area contributed by atoms with E-state index in [1.54, 1.807) is 0 Å². The maximum absolute atomic E-state index is 12.8. The fourth-order valence-electron chi connectivity index (χ4n) is 9.94. The van der Waals surface area contributed by atoms with E-state index in [9.17, 15) is 24.6 Å². The fraction of sp³-hybridized carbons (Fsp3) is 0.909. The number of aliphatic hydroxyl groups is 1. The summed E-state index contributed by atoms with van der Waals surface area (Å²) in [5.74, 6) is 2.79. The van der Waals surface area contributed by atoms with Crippen molar-refractivity contribution >= 4 is 17.7 Å². The van der Waals surface area contributed by atoms with Crippen molar-refractivity contribution in [3.05, 3.63) is 0 Å². The first-order valence-electron chi connectivity index (χ1n) is 15.9. The van der Waals surface area contributed by atoms with Gasteiger partial charge in [-0.05, 0) is 117 Å². The van der Waals surface area contributed by atoms with Gasteiger partial charge in [-0.3, -0.25) is 9.59 Å². The lowest BCUT2D eigenvalue weighted by Crippen LogP contribution is -2.54. The van der Waals surface area contributed by atoms with Gasteiger partial charge in [-0.25, -0.2) is 4.79 Å². The van der Waals surface area contributed by atoms with E-state index in [-0.39, 0.29) is 30.6 Å². The largest absolute Gasteiger partial charge is 0.480 e. The molecule has 3 N–H and O–H groups in total. The molecule has 4 aliphatic carbocycles. The van der Waals surface area contributed by atoms with E-state index in [1.165, 1.54) is 44.9 Å². The summed E-state index contributed by atoms with van der Waals surface area (Å²) in [6.45, 7) is 12.9. The molecule has 0 bridgehead atoms. The van der Waals surface area contributed by atoms with Gasteiger partial charge in [0, 0.05) is 18.3 Å². The summed E-state index contributed by atoms with van der Waals surface area (Å²) >= 11 is 0. The highest BCUT2D eigenvalue weighted by molar-refractivity contribution is 5.86. The standard InChI is InChI=1S/C33H55NO5/c1-20(7-14-29(37)34-27(30(38)39)12-13-28(36)31(2,3)4)24-10-11-25-23-9-8-21-19-22(35)15-17-32(21,5)26(23)16-18-33(24,25)6/h20-27,35H,7-19H2,1-6H3,(H,34,37)(H,38,39). The topological polar surface area (TPSA) is 104 Å². The van der Waals surface area contributed by atoms with Gasteiger partial charge in [0.1, 0.15) is 11.8 Å². The molecule has 10 atom stereocenters. The summed E-state index contributed by atoms with van der Waals surface area (Å²) in [6.07, 6.45) is 12.1. The van der Waals surface area contributed by atoms with Gasteiger partial charge in [0.2, 0.25) is 5.91 Å². The normalized spacial score (nSPS) is 39.6. The third-order valence-electron chi connectivity index (χ3n) is 12.4. The minimum Gasteiger partial charge on any atom is -0.480 e. The Kier molecular flexibility index (Phi) is 8.96. The van der Waals surface area contributed by atoms with Crippen LogP contribution in [-0.4, -0.2) is 40.0 Å². The summed E-state index contributed by atoms with van der Waals surface area (Å²) in [7, 11) is 0. The number of aliphatic carboxylic acids is 1. The molecule has 10 unspecified atom stereocenters. The van der Waals surface area contributed by atoms with Gasteiger partial charge in [0.05, 0.1) is 6.10 Å². The SMILES string of the molecule is CC(CCC(=O)NC(CCC(=O)C(C)(C)C)C(=O)O)C1CCC2C3CCC4CC(O)CCC4(C)C3CCC12C. The molecule has 0 aromatic carbocycles. The van der Waals surface area contributed by atoms with Crippen LogP contribution in [0.15, 0.2) is 0 Å². The highest BCUT2D eigenvalue weighted by Gasteiger charge is 2.60. The third-order valence-corrected chi connectivity index (χ3v) is 12.4. The molecule has 0 radical (unpaired) electrons. The zero-order valence-electron chi connectivity index (χ0n) is 25.4. The summed E-state index contributed by atoms with van der Waals surface area (Å²) in [5, 5.41) is 22.6. The van der Waals surface area contributed by atoms with Crippen molar-refractivity contribution in [1.29, 1.82) is 0 Å². The zero-order chi connectivity index (χ0) is 28.8. The summed E-state index contributed by atoms with van der Waals surface area (Å²) in [5.41, 5.74) is 0.210. The van der Waals surface area contributed by atoms with E-state index < -0.39 is 17.4 Å². The molecular formula is C33H55NO5. The predicted octanol–water partition coefficient (Wildman–Crippen LogP) is 6.39.